The second-order valence-corrected chi connectivity index (χ2v) is 6.32. The number of nitrogens with one attached hydrogen (secondary N) is 1. The van der Waals surface area contributed by atoms with Crippen LogP contribution in [0.1, 0.15) is 25.7 Å². The maximum Gasteiger partial charge on any atom is 0.150 e. The molecule has 3 rings (SSSR count). The topological polar surface area (TPSA) is 15.3 Å². The van der Waals surface area contributed by atoms with Gasteiger partial charge in [0.25, 0.3) is 0 Å². The minimum Gasteiger partial charge on any atom is -0.362 e. The smallest absolute Gasteiger partial charge is 0.150 e. The van der Waals surface area contributed by atoms with Crippen LogP contribution in [0, 0.1) is 11.6 Å². The van der Waals surface area contributed by atoms with E-state index in [1.165, 1.54) is 6.07 Å². The molecule has 2 fully saturated rings. The zero-order valence-corrected chi connectivity index (χ0v) is 12.4. The molecule has 2 atom stereocenters. The largest absolute Gasteiger partial charge is 0.362 e. The molecule has 1 N–H and O–H groups in total. The van der Waals surface area contributed by atoms with Gasteiger partial charge in [0, 0.05) is 28.7 Å². The number of anilines is 1. The summed E-state index contributed by atoms with van der Waals surface area (Å²) in [5.41, 5.74) is 0.531. The van der Waals surface area contributed by atoms with Gasteiger partial charge in [-0.1, -0.05) is 0 Å². The van der Waals surface area contributed by atoms with Crippen molar-refractivity contribution in [2.45, 2.75) is 43.8 Å². The summed E-state index contributed by atoms with van der Waals surface area (Å²) in [6.07, 6.45) is 4.23. The normalized spacial score (nSPS) is 29.9. The summed E-state index contributed by atoms with van der Waals surface area (Å²) in [6.45, 7) is 0. The van der Waals surface area contributed by atoms with Crippen LogP contribution in [0.2, 0.25) is 0 Å². The fourth-order valence-corrected chi connectivity index (χ4v) is 4.17. The molecule has 1 aromatic rings. The van der Waals surface area contributed by atoms with Crippen molar-refractivity contribution in [1.29, 1.82) is 0 Å². The Balaban J connectivity index is 1.96. The van der Waals surface area contributed by atoms with Crippen molar-refractivity contribution in [2.24, 2.45) is 0 Å². The van der Waals surface area contributed by atoms with Crippen molar-refractivity contribution < 1.29 is 8.78 Å². The first-order valence-electron chi connectivity index (χ1n) is 6.70. The highest BCUT2D eigenvalue weighted by Crippen LogP contribution is 2.43. The summed E-state index contributed by atoms with van der Waals surface area (Å²) >= 11 is 3.31. The summed E-state index contributed by atoms with van der Waals surface area (Å²) in [4.78, 5) is 2.16. The van der Waals surface area contributed by atoms with Gasteiger partial charge in [-0.25, -0.2) is 8.78 Å². The van der Waals surface area contributed by atoms with Crippen molar-refractivity contribution in [2.75, 3.05) is 11.9 Å². The lowest BCUT2D eigenvalue weighted by Crippen LogP contribution is -2.49. The second-order valence-electron chi connectivity index (χ2n) is 5.47. The van der Waals surface area contributed by atoms with Crippen molar-refractivity contribution in [3.63, 3.8) is 0 Å². The zero-order chi connectivity index (χ0) is 13.6. The van der Waals surface area contributed by atoms with Crippen LogP contribution in [0.25, 0.3) is 0 Å². The number of fused-ring (bicyclic) bond motifs is 2. The molecule has 2 heterocycles. The van der Waals surface area contributed by atoms with Crippen LogP contribution in [-0.4, -0.2) is 25.2 Å². The van der Waals surface area contributed by atoms with E-state index in [0.29, 0.717) is 28.3 Å². The Hall–Kier alpha value is -0.680. The minimum atomic E-state index is -0.536. The number of halogens is 3. The van der Waals surface area contributed by atoms with E-state index in [1.807, 2.05) is 7.05 Å². The fourth-order valence-electron chi connectivity index (χ4n) is 3.56. The van der Waals surface area contributed by atoms with Crippen molar-refractivity contribution in [1.82, 2.24) is 5.32 Å². The summed E-state index contributed by atoms with van der Waals surface area (Å²) in [5.74, 6) is -1.00. The standard InChI is InChI=1S/C14H17BrF2N2/c1-18-9-6-10-2-3-11(7-9)19(10)14-12(15)4-8(16)5-13(14)17/h4-5,9-11,18H,2-3,6-7H2,1H3. The van der Waals surface area contributed by atoms with Crippen molar-refractivity contribution in [3.05, 3.63) is 28.2 Å². The molecule has 0 aromatic heterocycles. The minimum absolute atomic E-state index is 0.354. The third kappa shape index (κ3) is 2.27. The molecule has 2 bridgehead atoms. The highest BCUT2D eigenvalue weighted by molar-refractivity contribution is 9.10. The Morgan fingerprint density at radius 1 is 1.21 bits per heavy atom. The Kier molecular flexibility index (Phi) is 3.52. The molecule has 5 heteroatoms. The summed E-state index contributed by atoms with van der Waals surface area (Å²) in [5, 5.41) is 3.32. The second kappa shape index (κ2) is 5.02. The summed E-state index contributed by atoms with van der Waals surface area (Å²) in [7, 11) is 1.98. The summed E-state index contributed by atoms with van der Waals surface area (Å²) < 4.78 is 27.8. The lowest BCUT2D eigenvalue weighted by molar-refractivity contribution is 0.370. The average molecular weight is 331 g/mol. The van der Waals surface area contributed by atoms with Gasteiger partial charge in [0.1, 0.15) is 5.82 Å². The molecule has 0 spiro atoms. The van der Waals surface area contributed by atoms with Crippen LogP contribution in [0.3, 0.4) is 0 Å². The molecule has 2 saturated heterocycles. The van der Waals surface area contributed by atoms with E-state index < -0.39 is 11.6 Å². The van der Waals surface area contributed by atoms with E-state index in [1.54, 1.807) is 0 Å². The van der Waals surface area contributed by atoms with Crippen LogP contribution in [0.5, 0.6) is 0 Å². The highest BCUT2D eigenvalue weighted by atomic mass is 79.9. The fraction of sp³-hybridized carbons (Fsp3) is 0.571. The molecule has 0 saturated carbocycles. The molecule has 2 nitrogen and oxygen atoms in total. The van der Waals surface area contributed by atoms with Gasteiger partial charge in [-0.15, -0.1) is 0 Å². The molecular weight excluding hydrogens is 314 g/mol. The van der Waals surface area contributed by atoms with E-state index in [4.69, 9.17) is 0 Å². The van der Waals surface area contributed by atoms with Crippen LogP contribution in [0.4, 0.5) is 14.5 Å². The predicted molar refractivity (Wildman–Crippen MR) is 75.4 cm³/mol. The predicted octanol–water partition coefficient (Wildman–Crippen LogP) is 3.45. The molecule has 0 radical (unpaired) electrons. The van der Waals surface area contributed by atoms with Gasteiger partial charge in [-0.2, -0.15) is 0 Å². The Morgan fingerprint density at radius 3 is 2.37 bits per heavy atom. The maximum absolute atomic E-state index is 14.1. The van der Waals surface area contributed by atoms with E-state index >= 15 is 0 Å². The molecule has 2 unspecified atom stereocenters. The summed E-state index contributed by atoms with van der Waals surface area (Å²) in [6, 6.07) is 3.54. The quantitative estimate of drug-likeness (QED) is 0.893. The van der Waals surface area contributed by atoms with Gasteiger partial charge in [0.05, 0.1) is 5.69 Å². The molecule has 1 aromatic carbocycles. The van der Waals surface area contributed by atoms with Gasteiger partial charge in [0.2, 0.25) is 0 Å². The van der Waals surface area contributed by atoms with Crippen LogP contribution < -0.4 is 10.2 Å². The molecular formula is C14H17BrF2N2. The van der Waals surface area contributed by atoms with Crippen molar-refractivity contribution in [3.8, 4) is 0 Å². The molecule has 2 aliphatic heterocycles. The Morgan fingerprint density at radius 2 is 1.84 bits per heavy atom. The zero-order valence-electron chi connectivity index (χ0n) is 10.8. The van der Waals surface area contributed by atoms with Gasteiger partial charge < -0.3 is 10.2 Å². The molecule has 19 heavy (non-hydrogen) atoms. The monoisotopic (exact) mass is 330 g/mol. The average Bonchev–Trinajstić information content (AvgIpc) is 2.60. The van der Waals surface area contributed by atoms with Gasteiger partial charge in [0.15, 0.2) is 5.82 Å². The van der Waals surface area contributed by atoms with Crippen LogP contribution >= 0.6 is 15.9 Å². The first-order chi connectivity index (χ1) is 9.10. The SMILES string of the molecule is CNC1CC2CCC(C1)N2c1c(F)cc(F)cc1Br. The first-order valence-corrected chi connectivity index (χ1v) is 7.49. The Labute approximate surface area is 120 Å². The van der Waals surface area contributed by atoms with Crippen LogP contribution in [0.15, 0.2) is 16.6 Å². The van der Waals surface area contributed by atoms with Gasteiger partial charge >= 0.3 is 0 Å². The third-order valence-corrected chi connectivity index (χ3v) is 4.99. The number of hydrogen-bond donors (Lipinski definition) is 1. The molecule has 0 amide bonds. The maximum atomic E-state index is 14.1. The van der Waals surface area contributed by atoms with Gasteiger partial charge in [-0.05, 0) is 54.7 Å². The first kappa shape index (κ1) is 13.3. The number of nitrogens with zero attached hydrogens (tertiary/aromatic N) is 1. The lowest BCUT2D eigenvalue weighted by atomic mass is 9.96. The molecule has 104 valence electrons. The number of hydrogen-bond acceptors (Lipinski definition) is 2. The third-order valence-electron chi connectivity index (χ3n) is 4.38. The highest BCUT2D eigenvalue weighted by Gasteiger charge is 2.42. The molecule has 0 aliphatic carbocycles. The Bertz CT molecular complexity index is 457. The molecule has 2 aliphatic rings. The van der Waals surface area contributed by atoms with Gasteiger partial charge in [-0.3, -0.25) is 0 Å². The van der Waals surface area contributed by atoms with Crippen molar-refractivity contribution >= 4 is 21.6 Å². The van der Waals surface area contributed by atoms with E-state index in [2.05, 4.69) is 26.1 Å². The van der Waals surface area contributed by atoms with E-state index in [9.17, 15) is 8.78 Å². The number of rotatable bonds is 2. The van der Waals surface area contributed by atoms with Crippen LogP contribution in [-0.2, 0) is 0 Å². The van der Waals surface area contributed by atoms with E-state index in [0.717, 1.165) is 31.7 Å². The lowest BCUT2D eigenvalue weighted by Gasteiger charge is -2.41. The number of benzene rings is 1. The number of piperidine rings is 1. The van der Waals surface area contributed by atoms with E-state index in [-0.39, 0.29) is 0 Å².